The van der Waals surface area contributed by atoms with Crippen LogP contribution in [0.25, 0.3) is 0 Å². The molecule has 66 valence electrons. The van der Waals surface area contributed by atoms with Gasteiger partial charge in [0.15, 0.2) is 0 Å². The fraction of sp³-hybridized carbons (Fsp3) is 0.556. The molecule has 2 N–H and O–H groups in total. The van der Waals surface area contributed by atoms with E-state index in [0.717, 1.165) is 5.92 Å². The predicted molar refractivity (Wildman–Crippen MR) is 60.3 cm³/mol. The lowest BCUT2D eigenvalue weighted by atomic mass is 9.95. The van der Waals surface area contributed by atoms with Crippen molar-refractivity contribution < 1.29 is 5.48 Å². The van der Waals surface area contributed by atoms with Crippen LogP contribution in [0.5, 0.6) is 0 Å². The molecule has 0 saturated heterocycles. The molecular formula is C9H17IO. The fourth-order valence-electron chi connectivity index (χ4n) is 1.07. The van der Waals surface area contributed by atoms with Gasteiger partial charge in [0.1, 0.15) is 0 Å². The van der Waals surface area contributed by atoms with Gasteiger partial charge < -0.3 is 5.48 Å². The molecule has 1 aliphatic rings. The van der Waals surface area contributed by atoms with Gasteiger partial charge in [0, 0.05) is 0 Å². The number of hydrogen-bond acceptors (Lipinski definition) is 0. The van der Waals surface area contributed by atoms with Crippen LogP contribution in [0.1, 0.15) is 26.7 Å². The number of allylic oxidation sites excluding steroid dienone is 4. The van der Waals surface area contributed by atoms with Crippen LogP contribution in [-0.2, 0) is 0 Å². The van der Waals surface area contributed by atoms with E-state index in [9.17, 15) is 0 Å². The summed E-state index contributed by atoms with van der Waals surface area (Å²) in [6.45, 7) is 4.39. The van der Waals surface area contributed by atoms with Crippen LogP contribution in [0, 0.1) is 5.92 Å². The standard InChI is InChI=1S/C9H14.HI.H2O/c1-3-9-6-4-8(2)5-7-9;;/h4-6,9H,3,7H2,1-2H3;1H;1H2. The van der Waals surface area contributed by atoms with Gasteiger partial charge in [0.05, 0.1) is 0 Å². The summed E-state index contributed by atoms with van der Waals surface area (Å²) in [5, 5.41) is 0. The monoisotopic (exact) mass is 268 g/mol. The smallest absolute Gasteiger partial charge is 0.0198 e. The molecule has 1 atom stereocenters. The van der Waals surface area contributed by atoms with E-state index in [0.29, 0.717) is 0 Å². The normalized spacial score (nSPS) is 21.3. The van der Waals surface area contributed by atoms with E-state index in [1.54, 1.807) is 0 Å². The molecule has 0 aromatic rings. The number of hydrogen-bond donors (Lipinski definition) is 0. The minimum Gasteiger partial charge on any atom is -0.412 e. The molecular weight excluding hydrogens is 251 g/mol. The summed E-state index contributed by atoms with van der Waals surface area (Å²) >= 11 is 0. The molecule has 0 fully saturated rings. The van der Waals surface area contributed by atoms with E-state index in [-0.39, 0.29) is 29.5 Å². The molecule has 1 rings (SSSR count). The Morgan fingerprint density at radius 1 is 1.55 bits per heavy atom. The van der Waals surface area contributed by atoms with Gasteiger partial charge in [-0.25, -0.2) is 0 Å². The Kier molecular flexibility index (Phi) is 8.56. The van der Waals surface area contributed by atoms with E-state index in [4.69, 9.17) is 0 Å². The Morgan fingerprint density at radius 2 is 2.18 bits per heavy atom. The van der Waals surface area contributed by atoms with Gasteiger partial charge in [-0.05, 0) is 25.7 Å². The summed E-state index contributed by atoms with van der Waals surface area (Å²) in [7, 11) is 0. The highest BCUT2D eigenvalue weighted by Crippen LogP contribution is 2.17. The molecule has 0 radical (unpaired) electrons. The van der Waals surface area contributed by atoms with Crippen LogP contribution in [0.3, 0.4) is 0 Å². The Bertz CT molecular complexity index is 150. The average molecular weight is 268 g/mol. The first-order valence-electron chi connectivity index (χ1n) is 3.68. The third-order valence-corrected chi connectivity index (χ3v) is 1.90. The summed E-state index contributed by atoms with van der Waals surface area (Å²) in [4.78, 5) is 0. The SMILES string of the molecule is CCC1C=CC(C)=CC1.I.O. The molecule has 1 unspecified atom stereocenters. The first-order valence-corrected chi connectivity index (χ1v) is 3.68. The van der Waals surface area contributed by atoms with Crippen molar-refractivity contribution in [2.24, 2.45) is 5.92 Å². The quantitative estimate of drug-likeness (QED) is 0.655. The van der Waals surface area contributed by atoms with Crippen LogP contribution >= 0.6 is 24.0 Å². The maximum Gasteiger partial charge on any atom is -0.0198 e. The van der Waals surface area contributed by atoms with Gasteiger partial charge in [-0.2, -0.15) is 0 Å². The molecule has 0 amide bonds. The van der Waals surface area contributed by atoms with Crippen molar-refractivity contribution in [1.29, 1.82) is 0 Å². The Balaban J connectivity index is 0. The highest BCUT2D eigenvalue weighted by atomic mass is 127. The molecule has 2 heteroatoms. The lowest BCUT2D eigenvalue weighted by molar-refractivity contribution is 0.629. The lowest BCUT2D eigenvalue weighted by Crippen LogP contribution is -1.95. The van der Waals surface area contributed by atoms with E-state index in [1.165, 1.54) is 18.4 Å². The molecule has 0 spiro atoms. The van der Waals surface area contributed by atoms with Gasteiger partial charge in [-0.15, -0.1) is 24.0 Å². The van der Waals surface area contributed by atoms with Gasteiger partial charge in [-0.1, -0.05) is 30.7 Å². The van der Waals surface area contributed by atoms with E-state index < -0.39 is 0 Å². The topological polar surface area (TPSA) is 31.5 Å². The number of halogens is 1. The van der Waals surface area contributed by atoms with Gasteiger partial charge in [-0.3, -0.25) is 0 Å². The van der Waals surface area contributed by atoms with Gasteiger partial charge >= 0.3 is 0 Å². The minimum atomic E-state index is 0. The predicted octanol–water partition coefficient (Wildman–Crippen LogP) is 2.71. The van der Waals surface area contributed by atoms with Crippen molar-refractivity contribution in [3.05, 3.63) is 23.8 Å². The third-order valence-electron chi connectivity index (χ3n) is 1.90. The largest absolute Gasteiger partial charge is 0.412 e. The van der Waals surface area contributed by atoms with Crippen molar-refractivity contribution in [1.82, 2.24) is 0 Å². The molecule has 1 nitrogen and oxygen atoms in total. The highest BCUT2D eigenvalue weighted by Gasteiger charge is 2.02. The molecule has 11 heavy (non-hydrogen) atoms. The maximum atomic E-state index is 2.31. The van der Waals surface area contributed by atoms with Crippen LogP contribution < -0.4 is 0 Å². The summed E-state index contributed by atoms with van der Waals surface area (Å²) in [6.07, 6.45) is 9.38. The number of rotatable bonds is 1. The zero-order valence-electron chi connectivity index (χ0n) is 7.13. The summed E-state index contributed by atoms with van der Waals surface area (Å²) in [6, 6.07) is 0. The van der Waals surface area contributed by atoms with E-state index >= 15 is 0 Å². The molecule has 0 aromatic heterocycles. The lowest BCUT2D eigenvalue weighted by Gasteiger charge is -2.10. The van der Waals surface area contributed by atoms with Crippen LogP contribution in [-0.4, -0.2) is 5.48 Å². The molecule has 0 aromatic carbocycles. The van der Waals surface area contributed by atoms with Crippen molar-refractivity contribution >= 4 is 24.0 Å². The van der Waals surface area contributed by atoms with Crippen LogP contribution in [0.4, 0.5) is 0 Å². The molecule has 0 saturated carbocycles. The Morgan fingerprint density at radius 3 is 2.55 bits per heavy atom. The second-order valence-corrected chi connectivity index (χ2v) is 2.71. The molecule has 0 bridgehead atoms. The second-order valence-electron chi connectivity index (χ2n) is 2.71. The fourth-order valence-corrected chi connectivity index (χ4v) is 1.07. The first kappa shape index (κ1) is 13.7. The summed E-state index contributed by atoms with van der Waals surface area (Å²) < 4.78 is 0. The summed E-state index contributed by atoms with van der Waals surface area (Å²) in [5.74, 6) is 0.814. The molecule has 1 aliphatic carbocycles. The van der Waals surface area contributed by atoms with Crippen molar-refractivity contribution in [2.75, 3.05) is 0 Å². The second kappa shape index (κ2) is 6.85. The van der Waals surface area contributed by atoms with Crippen LogP contribution in [0.2, 0.25) is 0 Å². The highest BCUT2D eigenvalue weighted by molar-refractivity contribution is 14.0. The van der Waals surface area contributed by atoms with Gasteiger partial charge in [0.25, 0.3) is 0 Å². The van der Waals surface area contributed by atoms with Gasteiger partial charge in [0.2, 0.25) is 0 Å². The first-order chi connectivity index (χ1) is 4.33. The van der Waals surface area contributed by atoms with Crippen molar-refractivity contribution in [3.8, 4) is 0 Å². The summed E-state index contributed by atoms with van der Waals surface area (Å²) in [5.41, 5.74) is 1.42. The maximum absolute atomic E-state index is 2.31. The zero-order chi connectivity index (χ0) is 6.69. The van der Waals surface area contributed by atoms with E-state index in [2.05, 4.69) is 32.1 Å². The van der Waals surface area contributed by atoms with Crippen molar-refractivity contribution in [3.63, 3.8) is 0 Å². The van der Waals surface area contributed by atoms with E-state index in [1.807, 2.05) is 0 Å². The zero-order valence-corrected chi connectivity index (χ0v) is 9.46. The third kappa shape index (κ3) is 4.58. The molecule has 0 heterocycles. The minimum absolute atomic E-state index is 0. The Labute approximate surface area is 85.9 Å². The van der Waals surface area contributed by atoms with Crippen molar-refractivity contribution in [2.45, 2.75) is 26.7 Å². The Hall–Kier alpha value is 0.170. The van der Waals surface area contributed by atoms with Crippen LogP contribution in [0.15, 0.2) is 23.8 Å². The average Bonchev–Trinajstić information content (AvgIpc) is 1.90. The molecule has 0 aliphatic heterocycles.